The third-order valence-corrected chi connectivity index (χ3v) is 3.59. The van der Waals surface area contributed by atoms with E-state index >= 15 is 0 Å². The third-order valence-electron chi connectivity index (χ3n) is 3.59. The maximum atomic E-state index is 11.2. The Bertz CT molecular complexity index is 771. The summed E-state index contributed by atoms with van der Waals surface area (Å²) in [5.41, 5.74) is 13.6. The van der Waals surface area contributed by atoms with Gasteiger partial charge in [-0.05, 0) is 37.3 Å². The maximum absolute atomic E-state index is 11.2. The lowest BCUT2D eigenvalue weighted by Gasteiger charge is -2.16. The second-order valence-corrected chi connectivity index (χ2v) is 5.03. The van der Waals surface area contributed by atoms with Gasteiger partial charge >= 0.3 is 0 Å². The molecule has 7 heteroatoms. The van der Waals surface area contributed by atoms with Gasteiger partial charge in [-0.15, -0.1) is 0 Å². The first-order valence-corrected chi connectivity index (χ1v) is 6.68. The van der Waals surface area contributed by atoms with Crippen molar-refractivity contribution in [1.29, 1.82) is 5.26 Å². The van der Waals surface area contributed by atoms with Crippen LogP contribution in [-0.2, 0) is 12.8 Å². The molecule has 0 spiro atoms. The highest BCUT2D eigenvalue weighted by Gasteiger charge is 2.19. The highest BCUT2D eigenvalue weighted by Crippen LogP contribution is 2.24. The van der Waals surface area contributed by atoms with Crippen molar-refractivity contribution in [2.45, 2.75) is 25.7 Å². The largest absolute Gasteiger partial charge is 0.396 e. The van der Waals surface area contributed by atoms with Crippen LogP contribution in [0.2, 0.25) is 0 Å². The number of pyridine rings is 1. The van der Waals surface area contributed by atoms with Crippen LogP contribution in [0.25, 0.3) is 5.82 Å². The zero-order valence-electron chi connectivity index (χ0n) is 11.3. The van der Waals surface area contributed by atoms with Crippen molar-refractivity contribution < 1.29 is 4.79 Å². The quantitative estimate of drug-likeness (QED) is 0.839. The number of aryl methyl sites for hydroxylation is 2. The van der Waals surface area contributed by atoms with E-state index < -0.39 is 5.91 Å². The van der Waals surface area contributed by atoms with Crippen LogP contribution < -0.4 is 11.5 Å². The Kier molecular flexibility index (Phi) is 3.06. The molecule has 4 N–H and O–H groups in total. The Balaban J connectivity index is 2.15. The van der Waals surface area contributed by atoms with Crippen molar-refractivity contribution in [3.8, 4) is 11.9 Å². The lowest BCUT2D eigenvalue weighted by atomic mass is 9.95. The zero-order valence-corrected chi connectivity index (χ0v) is 11.3. The predicted molar refractivity (Wildman–Crippen MR) is 75.6 cm³/mol. The smallest absolute Gasteiger partial charge is 0.271 e. The number of hydrogen-bond donors (Lipinski definition) is 2. The number of hydrogen-bond acceptors (Lipinski definition) is 5. The topological polar surface area (TPSA) is 124 Å². The molecule has 0 aromatic carbocycles. The number of nitrogens with two attached hydrogens (primary N) is 2. The average Bonchev–Trinajstić information content (AvgIpc) is 2.88. The van der Waals surface area contributed by atoms with Gasteiger partial charge < -0.3 is 11.5 Å². The minimum absolute atomic E-state index is 0.0154. The monoisotopic (exact) mass is 282 g/mol. The maximum Gasteiger partial charge on any atom is 0.271 e. The van der Waals surface area contributed by atoms with E-state index in [1.54, 1.807) is 0 Å². The number of aromatic nitrogens is 3. The summed E-state index contributed by atoms with van der Waals surface area (Å²) in [6.45, 7) is 0. The van der Waals surface area contributed by atoms with Gasteiger partial charge in [0.2, 0.25) is 0 Å². The molecule has 1 aliphatic carbocycles. The first kappa shape index (κ1) is 13.1. The Morgan fingerprint density at radius 1 is 1.38 bits per heavy atom. The minimum Gasteiger partial charge on any atom is -0.396 e. The zero-order chi connectivity index (χ0) is 15.0. The average molecular weight is 282 g/mol. The molecule has 3 rings (SSSR count). The lowest BCUT2D eigenvalue weighted by molar-refractivity contribution is 0.0996. The normalized spacial score (nSPS) is 13.5. The van der Waals surface area contributed by atoms with Crippen LogP contribution in [0.5, 0.6) is 0 Å². The predicted octanol–water partition coefficient (Wildman–Crippen LogP) is 0.699. The summed E-state index contributed by atoms with van der Waals surface area (Å²) in [5.74, 6) is -0.319. The van der Waals surface area contributed by atoms with Crippen molar-refractivity contribution in [3.63, 3.8) is 0 Å². The Labute approximate surface area is 121 Å². The molecule has 0 atom stereocenters. The van der Waals surface area contributed by atoms with Gasteiger partial charge in [0.1, 0.15) is 6.07 Å². The van der Waals surface area contributed by atoms with Gasteiger partial charge in [0.15, 0.2) is 11.5 Å². The van der Waals surface area contributed by atoms with Crippen molar-refractivity contribution >= 4 is 11.6 Å². The van der Waals surface area contributed by atoms with E-state index in [0.717, 1.165) is 36.9 Å². The molecular formula is C14H14N6O. The fourth-order valence-electron chi connectivity index (χ4n) is 2.57. The Hall–Kier alpha value is -2.88. The molecule has 0 radical (unpaired) electrons. The van der Waals surface area contributed by atoms with Gasteiger partial charge in [0.25, 0.3) is 5.91 Å². The molecule has 1 aliphatic rings. The summed E-state index contributed by atoms with van der Waals surface area (Å²) < 4.78 is 1.35. The number of carbonyl (C=O) groups excluding carboxylic acids is 1. The fraction of sp³-hybridized carbons (Fsp3) is 0.286. The second-order valence-electron chi connectivity index (χ2n) is 5.03. The second kappa shape index (κ2) is 4.90. The van der Waals surface area contributed by atoms with Crippen molar-refractivity contribution in [2.24, 2.45) is 5.73 Å². The van der Waals surface area contributed by atoms with E-state index in [4.69, 9.17) is 11.5 Å². The summed E-state index contributed by atoms with van der Waals surface area (Å²) >= 11 is 0. The molecule has 0 aliphatic heterocycles. The number of amides is 1. The molecule has 0 unspecified atom stereocenters. The van der Waals surface area contributed by atoms with Gasteiger partial charge in [-0.25, -0.2) is 9.67 Å². The van der Waals surface area contributed by atoms with Crippen LogP contribution >= 0.6 is 0 Å². The molecule has 21 heavy (non-hydrogen) atoms. The summed E-state index contributed by atoms with van der Waals surface area (Å²) in [5, 5.41) is 13.4. The van der Waals surface area contributed by atoms with Crippen LogP contribution in [0.1, 0.15) is 40.2 Å². The highest BCUT2D eigenvalue weighted by atomic mass is 16.1. The van der Waals surface area contributed by atoms with E-state index in [1.807, 2.05) is 6.07 Å². The van der Waals surface area contributed by atoms with Crippen molar-refractivity contribution in [1.82, 2.24) is 14.8 Å². The summed E-state index contributed by atoms with van der Waals surface area (Å²) in [6.07, 6.45) is 5.47. The molecule has 1 amide bonds. The van der Waals surface area contributed by atoms with Gasteiger partial charge in [-0.2, -0.15) is 10.4 Å². The molecule has 2 aromatic rings. The molecule has 0 saturated carbocycles. The van der Waals surface area contributed by atoms with Crippen LogP contribution in [0.4, 0.5) is 5.69 Å². The highest BCUT2D eigenvalue weighted by molar-refractivity contribution is 5.95. The number of anilines is 1. The van der Waals surface area contributed by atoms with Gasteiger partial charge in [0.05, 0.1) is 17.4 Å². The standard InChI is InChI=1S/C14H14N6O/c15-6-9-5-8-3-1-2-4-11(8)18-14(9)20-7-10(16)12(19-20)13(17)21/h5,7H,1-4,16H2,(H2,17,21). The van der Waals surface area contributed by atoms with E-state index in [1.165, 1.54) is 10.9 Å². The van der Waals surface area contributed by atoms with E-state index in [9.17, 15) is 10.1 Å². The van der Waals surface area contributed by atoms with Crippen LogP contribution in [0, 0.1) is 11.3 Å². The number of rotatable bonds is 2. The van der Waals surface area contributed by atoms with Crippen LogP contribution in [-0.4, -0.2) is 20.7 Å². The molecule has 106 valence electrons. The molecule has 7 nitrogen and oxygen atoms in total. The summed E-state index contributed by atoms with van der Waals surface area (Å²) in [7, 11) is 0. The molecule has 0 fully saturated rings. The fourth-order valence-corrected chi connectivity index (χ4v) is 2.57. The first-order valence-electron chi connectivity index (χ1n) is 6.68. The Morgan fingerprint density at radius 3 is 2.81 bits per heavy atom. The van der Waals surface area contributed by atoms with E-state index in [-0.39, 0.29) is 11.4 Å². The summed E-state index contributed by atoms with van der Waals surface area (Å²) in [4.78, 5) is 15.8. The number of primary amides is 1. The van der Waals surface area contributed by atoms with E-state index in [0.29, 0.717) is 11.4 Å². The van der Waals surface area contributed by atoms with Crippen molar-refractivity contribution in [2.75, 3.05) is 5.73 Å². The molecule has 0 bridgehead atoms. The van der Waals surface area contributed by atoms with Crippen LogP contribution in [0.3, 0.4) is 0 Å². The van der Waals surface area contributed by atoms with Gasteiger partial charge in [-0.3, -0.25) is 4.79 Å². The van der Waals surface area contributed by atoms with Gasteiger partial charge in [0, 0.05) is 5.69 Å². The van der Waals surface area contributed by atoms with Gasteiger partial charge in [-0.1, -0.05) is 0 Å². The SMILES string of the molecule is N#Cc1cc2c(nc1-n1cc(N)c(C(N)=O)n1)CCCC2. The van der Waals surface area contributed by atoms with Crippen LogP contribution in [0.15, 0.2) is 12.3 Å². The van der Waals surface area contributed by atoms with Crippen molar-refractivity contribution in [3.05, 3.63) is 34.8 Å². The molecule has 0 saturated heterocycles. The lowest BCUT2D eigenvalue weighted by Crippen LogP contribution is -2.15. The number of nitrogens with zero attached hydrogens (tertiary/aromatic N) is 4. The summed E-state index contributed by atoms with van der Waals surface area (Å²) in [6, 6.07) is 3.97. The minimum atomic E-state index is -0.706. The third kappa shape index (κ3) is 2.21. The number of nitriles is 1. The Morgan fingerprint density at radius 2 is 2.14 bits per heavy atom. The van der Waals surface area contributed by atoms with E-state index in [2.05, 4.69) is 16.2 Å². The number of fused-ring (bicyclic) bond motifs is 1. The molecule has 2 heterocycles. The first-order chi connectivity index (χ1) is 10.1. The number of carbonyl (C=O) groups is 1. The number of nitrogen functional groups attached to an aromatic ring is 1. The molecule has 2 aromatic heterocycles. The molecular weight excluding hydrogens is 268 g/mol.